The van der Waals surface area contributed by atoms with Crippen molar-refractivity contribution in [2.24, 2.45) is 10.8 Å². The number of esters is 1. The number of benzene rings is 4. The minimum absolute atomic E-state index is 0.0909. The van der Waals surface area contributed by atoms with Crippen LogP contribution in [0.15, 0.2) is 84.9 Å². The van der Waals surface area contributed by atoms with Crippen LogP contribution in [0.4, 0.5) is 11.4 Å². The number of hydrogen-bond acceptors (Lipinski definition) is 9. The summed E-state index contributed by atoms with van der Waals surface area (Å²) in [4.78, 5) is 98.7. The molecule has 2 unspecified atom stereocenters. The van der Waals surface area contributed by atoms with Crippen LogP contribution in [0.3, 0.4) is 0 Å². The second-order valence-electron chi connectivity index (χ2n) is 19.0. The van der Waals surface area contributed by atoms with Gasteiger partial charge in [0.1, 0.15) is 12.1 Å². The molecular weight excluding hydrogens is 1050 g/mol. The van der Waals surface area contributed by atoms with E-state index in [1.54, 1.807) is 84.9 Å². The predicted molar refractivity (Wildman–Crippen MR) is 290 cm³/mol. The van der Waals surface area contributed by atoms with Gasteiger partial charge in [-0.15, -0.1) is 0 Å². The van der Waals surface area contributed by atoms with Crippen LogP contribution in [0.5, 0.6) is 0 Å². The number of aliphatic carboxylic acids is 1. The van der Waals surface area contributed by atoms with E-state index in [4.69, 9.17) is 51.1 Å². The molecule has 4 aromatic carbocycles. The van der Waals surface area contributed by atoms with Crippen LogP contribution in [-0.4, -0.2) is 84.8 Å². The predicted octanol–water partition coefficient (Wildman–Crippen LogP) is 9.76. The molecule has 0 spiro atoms. The van der Waals surface area contributed by atoms with Crippen LogP contribution in [-0.2, 0) is 46.3 Å². The highest BCUT2D eigenvalue weighted by molar-refractivity contribution is 6.41. The molecule has 20 heteroatoms. The number of methoxy groups -OCH3 is 1. The molecule has 7 N–H and O–H groups in total. The van der Waals surface area contributed by atoms with Crippen LogP contribution in [0.1, 0.15) is 123 Å². The van der Waals surface area contributed by atoms with E-state index in [2.05, 4.69) is 31.9 Å². The quantitative estimate of drug-likeness (QED) is 0.0290. The van der Waals surface area contributed by atoms with Gasteiger partial charge in [-0.1, -0.05) is 108 Å². The number of carboxylic acids is 1. The van der Waals surface area contributed by atoms with Crippen molar-refractivity contribution in [1.82, 2.24) is 21.3 Å². The van der Waals surface area contributed by atoms with Gasteiger partial charge in [-0.25, -0.2) is 9.59 Å². The van der Waals surface area contributed by atoms with Crippen molar-refractivity contribution in [3.05, 3.63) is 127 Å². The first-order valence-electron chi connectivity index (χ1n) is 24.9. The first kappa shape index (κ1) is 59.7. The Morgan fingerprint density at radius 3 is 1.23 bits per heavy atom. The van der Waals surface area contributed by atoms with E-state index < -0.39 is 46.7 Å². The highest BCUT2D eigenvalue weighted by Crippen LogP contribution is 2.43. The highest BCUT2D eigenvalue weighted by Gasteiger charge is 2.43. The third kappa shape index (κ3) is 17.4. The SMILES string of the molecule is CC(=O)NCCCC1(C(=O)NC(Cc2ccc(NC(=O)c3c(Cl)cccc3Cl)cc2)C(=O)O)CCCC1.COC(=O)C(Cc1ccc(NC(=O)c2c(Cl)cccc2Cl)cc1)NC(=O)C1(CCCNC(C)=O)CCCC1. The summed E-state index contributed by atoms with van der Waals surface area (Å²) in [6.07, 6.45) is 9.50. The number of carboxylic acid groups (broad SMARTS) is 1. The lowest BCUT2D eigenvalue weighted by Crippen LogP contribution is -2.49. The lowest BCUT2D eigenvalue weighted by Gasteiger charge is -2.30. The molecule has 402 valence electrons. The second-order valence-corrected chi connectivity index (χ2v) is 20.6. The molecular formula is C55H64Cl4N6O10. The largest absolute Gasteiger partial charge is 0.480 e. The molecule has 4 aromatic rings. The van der Waals surface area contributed by atoms with Gasteiger partial charge in [0.2, 0.25) is 23.6 Å². The fraction of sp³-hybridized carbons (Fsp3) is 0.418. The Morgan fingerprint density at radius 2 is 0.893 bits per heavy atom. The van der Waals surface area contributed by atoms with E-state index in [1.807, 2.05) is 0 Å². The molecule has 6 rings (SSSR count). The Morgan fingerprint density at radius 1 is 0.547 bits per heavy atom. The first-order chi connectivity index (χ1) is 35.8. The van der Waals surface area contributed by atoms with E-state index >= 15 is 0 Å². The zero-order valence-corrected chi connectivity index (χ0v) is 45.2. The average molecular weight is 1110 g/mol. The number of anilines is 2. The normalized spacial score (nSPS) is 14.9. The molecule has 0 aromatic heterocycles. The van der Waals surface area contributed by atoms with Gasteiger partial charge in [-0.2, -0.15) is 0 Å². The number of carbonyl (C=O) groups is 8. The molecule has 2 atom stereocenters. The van der Waals surface area contributed by atoms with Gasteiger partial charge in [-0.05, 0) is 111 Å². The van der Waals surface area contributed by atoms with Gasteiger partial charge >= 0.3 is 11.9 Å². The van der Waals surface area contributed by atoms with Crippen molar-refractivity contribution in [1.29, 1.82) is 0 Å². The molecule has 0 aliphatic heterocycles. The number of ether oxygens (including phenoxy) is 1. The van der Waals surface area contributed by atoms with E-state index in [0.717, 1.165) is 44.1 Å². The van der Waals surface area contributed by atoms with Crippen molar-refractivity contribution >= 4 is 105 Å². The van der Waals surface area contributed by atoms with Gasteiger partial charge in [0.15, 0.2) is 0 Å². The minimum Gasteiger partial charge on any atom is -0.480 e. The molecule has 0 bridgehead atoms. The minimum atomic E-state index is -1.12. The maximum absolute atomic E-state index is 13.4. The van der Waals surface area contributed by atoms with Crippen LogP contribution < -0.4 is 31.9 Å². The summed E-state index contributed by atoms with van der Waals surface area (Å²) in [5.41, 5.74) is 1.67. The number of carbonyl (C=O) groups excluding carboxylic acids is 7. The summed E-state index contributed by atoms with van der Waals surface area (Å²) in [7, 11) is 1.29. The van der Waals surface area contributed by atoms with Crippen molar-refractivity contribution in [2.75, 3.05) is 30.8 Å². The van der Waals surface area contributed by atoms with Crippen LogP contribution in [0, 0.1) is 10.8 Å². The van der Waals surface area contributed by atoms with Crippen LogP contribution in [0.2, 0.25) is 20.1 Å². The summed E-state index contributed by atoms with van der Waals surface area (Å²) in [5, 5.41) is 27.4. The Labute approximate surface area is 457 Å². The maximum Gasteiger partial charge on any atom is 0.328 e. The monoisotopic (exact) mass is 1110 g/mol. The average Bonchev–Trinajstić information content (AvgIpc) is 4.07. The van der Waals surface area contributed by atoms with Crippen molar-refractivity contribution < 1.29 is 48.2 Å². The second kappa shape index (κ2) is 28.6. The van der Waals surface area contributed by atoms with Gasteiger partial charge in [-0.3, -0.25) is 28.8 Å². The number of halogens is 4. The standard InChI is InChI=1S/C28H33Cl2N3O5.C27H31Cl2N3O5/c1-18(34)31-16-6-15-28(13-3-4-14-28)27(37)33-23(26(36)38-2)17-19-9-11-20(12-10-19)32-25(35)24-21(29)7-5-8-22(24)30;1-17(33)30-15-5-14-27(12-2-3-13-27)26(37)32-22(25(35)36)16-18-8-10-19(11-9-18)31-24(34)23-20(28)6-4-7-21(23)29/h5,7-12,23H,3-4,6,13-17H2,1-2H3,(H,31,34)(H,32,35)(H,33,37);4,6-11,22H,2-3,5,12-16H2,1H3,(H,30,33)(H,31,34)(H,32,37)(H,35,36). The summed E-state index contributed by atoms with van der Waals surface area (Å²) >= 11 is 24.4. The molecule has 2 saturated carbocycles. The molecule has 2 fully saturated rings. The summed E-state index contributed by atoms with van der Waals surface area (Å²) in [6.45, 7) is 3.91. The fourth-order valence-electron chi connectivity index (χ4n) is 9.56. The maximum atomic E-state index is 13.4. The molecule has 0 saturated heterocycles. The Kier molecular flexibility index (Phi) is 22.8. The van der Waals surface area contributed by atoms with E-state index in [1.165, 1.54) is 21.0 Å². The smallest absolute Gasteiger partial charge is 0.328 e. The van der Waals surface area contributed by atoms with E-state index in [-0.39, 0.29) is 67.7 Å². The fourth-order valence-corrected chi connectivity index (χ4v) is 10.7. The van der Waals surface area contributed by atoms with E-state index in [0.29, 0.717) is 68.6 Å². The first-order valence-corrected chi connectivity index (χ1v) is 26.4. The zero-order chi connectivity index (χ0) is 54.7. The molecule has 2 aliphatic carbocycles. The molecule has 16 nitrogen and oxygen atoms in total. The van der Waals surface area contributed by atoms with Crippen molar-refractivity contribution in [3.8, 4) is 0 Å². The topological polar surface area (TPSA) is 238 Å². The van der Waals surface area contributed by atoms with Gasteiger partial charge < -0.3 is 41.7 Å². The van der Waals surface area contributed by atoms with Crippen LogP contribution in [0.25, 0.3) is 0 Å². The molecule has 0 heterocycles. The molecule has 75 heavy (non-hydrogen) atoms. The molecule has 2 aliphatic rings. The summed E-state index contributed by atoms with van der Waals surface area (Å²) in [6, 6.07) is 21.3. The van der Waals surface area contributed by atoms with Crippen LogP contribution >= 0.6 is 46.4 Å². The third-order valence-corrected chi connectivity index (χ3v) is 14.8. The van der Waals surface area contributed by atoms with Gasteiger partial charge in [0, 0.05) is 62.0 Å². The lowest BCUT2D eigenvalue weighted by molar-refractivity contribution is -0.146. The van der Waals surface area contributed by atoms with Crippen molar-refractivity contribution in [3.63, 3.8) is 0 Å². The Balaban J connectivity index is 0.000000277. The molecule has 6 amide bonds. The summed E-state index contributed by atoms with van der Waals surface area (Å²) in [5.74, 6) is -3.17. The highest BCUT2D eigenvalue weighted by atomic mass is 35.5. The van der Waals surface area contributed by atoms with Gasteiger partial charge in [0.05, 0.1) is 38.3 Å². The van der Waals surface area contributed by atoms with Gasteiger partial charge in [0.25, 0.3) is 11.8 Å². The zero-order valence-electron chi connectivity index (χ0n) is 42.2. The number of rotatable bonds is 22. The lowest BCUT2D eigenvalue weighted by atomic mass is 9.80. The summed E-state index contributed by atoms with van der Waals surface area (Å²) < 4.78 is 4.97. The Bertz CT molecular complexity index is 2630. The Hall–Kier alpha value is -6.20. The van der Waals surface area contributed by atoms with E-state index in [9.17, 15) is 43.5 Å². The number of hydrogen-bond donors (Lipinski definition) is 7. The molecule has 0 radical (unpaired) electrons. The van der Waals surface area contributed by atoms with Crippen molar-refractivity contribution in [2.45, 2.75) is 116 Å². The number of amides is 6. The number of nitrogens with one attached hydrogen (secondary N) is 6. The third-order valence-electron chi connectivity index (χ3n) is 13.6.